The molecule has 1 aliphatic heterocycles. The van der Waals surface area contributed by atoms with Crippen LogP contribution in [-0.2, 0) is 13.0 Å². The third kappa shape index (κ3) is 2.16. The zero-order valence-electron chi connectivity index (χ0n) is 11.0. The summed E-state index contributed by atoms with van der Waals surface area (Å²) in [4.78, 5) is 4.61. The van der Waals surface area contributed by atoms with Crippen molar-refractivity contribution >= 4 is 26.7 Å². The van der Waals surface area contributed by atoms with Gasteiger partial charge in [0, 0.05) is 19.5 Å². The highest BCUT2D eigenvalue weighted by atomic mass is 32.1. The van der Waals surface area contributed by atoms with Gasteiger partial charge in [0.15, 0.2) is 5.13 Å². The van der Waals surface area contributed by atoms with E-state index in [1.54, 1.807) is 11.3 Å². The second-order valence-corrected chi connectivity index (χ2v) is 6.20. The lowest BCUT2D eigenvalue weighted by molar-refractivity contribution is 0.381. The third-order valence-electron chi connectivity index (χ3n) is 3.76. The van der Waals surface area contributed by atoms with E-state index in [9.17, 15) is 0 Å². The number of aryl methyl sites for hydroxylation is 1. The number of aromatic nitrogens is 4. The Morgan fingerprint density at radius 2 is 2.30 bits per heavy atom. The highest BCUT2D eigenvalue weighted by Crippen LogP contribution is 2.26. The molecule has 0 aliphatic carbocycles. The van der Waals surface area contributed by atoms with Gasteiger partial charge in [-0.3, -0.25) is 0 Å². The quantitative estimate of drug-likeness (QED) is 0.803. The van der Waals surface area contributed by atoms with E-state index in [1.165, 1.54) is 4.70 Å². The van der Waals surface area contributed by atoms with E-state index >= 15 is 0 Å². The summed E-state index contributed by atoms with van der Waals surface area (Å²) in [5, 5.41) is 12.6. The molecule has 1 N–H and O–H groups in total. The van der Waals surface area contributed by atoms with Gasteiger partial charge in [-0.15, -0.1) is 10.2 Å². The molecule has 0 fully saturated rings. The van der Waals surface area contributed by atoms with Crippen LogP contribution in [0.1, 0.15) is 12.2 Å². The lowest BCUT2D eigenvalue weighted by atomic mass is 10.00. The maximum absolute atomic E-state index is 4.61. The maximum Gasteiger partial charge on any atom is 0.183 e. The molecule has 6 heteroatoms. The number of benzene rings is 1. The normalized spacial score (nSPS) is 18.1. The summed E-state index contributed by atoms with van der Waals surface area (Å²) in [6.45, 7) is 1.96. The standard InChI is InChI=1S/C14H15N5S/c1-2-4-12-11(3-1)17-14(20-12)15-7-10-5-6-13-18-16-9-19(13)8-10/h1-4,9-10H,5-8H2,(H,15,17)/t10-/m1/s1. The molecule has 1 aliphatic rings. The fourth-order valence-corrected chi connectivity index (χ4v) is 3.55. The first-order valence-corrected chi connectivity index (χ1v) is 7.66. The maximum atomic E-state index is 4.61. The molecule has 0 spiro atoms. The summed E-state index contributed by atoms with van der Waals surface area (Å²) in [7, 11) is 0. The number of thiazole rings is 1. The number of rotatable bonds is 3. The third-order valence-corrected chi connectivity index (χ3v) is 4.76. The van der Waals surface area contributed by atoms with Crippen LogP contribution >= 0.6 is 11.3 Å². The van der Waals surface area contributed by atoms with E-state index in [1.807, 2.05) is 12.4 Å². The lowest BCUT2D eigenvalue weighted by Gasteiger charge is -2.22. The molecule has 5 nitrogen and oxygen atoms in total. The van der Waals surface area contributed by atoms with Crippen LogP contribution in [0.4, 0.5) is 5.13 Å². The van der Waals surface area contributed by atoms with E-state index < -0.39 is 0 Å². The van der Waals surface area contributed by atoms with Crippen LogP contribution in [0.2, 0.25) is 0 Å². The second kappa shape index (κ2) is 4.86. The van der Waals surface area contributed by atoms with Crippen LogP contribution in [-0.4, -0.2) is 26.3 Å². The van der Waals surface area contributed by atoms with Gasteiger partial charge in [-0.2, -0.15) is 0 Å². The molecule has 0 saturated heterocycles. The molecule has 0 unspecified atom stereocenters. The Balaban J connectivity index is 1.43. The molecule has 102 valence electrons. The number of nitrogens with one attached hydrogen (secondary N) is 1. The van der Waals surface area contributed by atoms with Crippen molar-refractivity contribution in [3.8, 4) is 0 Å². The topological polar surface area (TPSA) is 55.6 Å². The van der Waals surface area contributed by atoms with Crippen LogP contribution in [0, 0.1) is 5.92 Å². The van der Waals surface area contributed by atoms with Gasteiger partial charge < -0.3 is 9.88 Å². The lowest BCUT2D eigenvalue weighted by Crippen LogP contribution is -2.25. The Bertz CT molecular complexity index is 699. The van der Waals surface area contributed by atoms with Crippen molar-refractivity contribution in [3.63, 3.8) is 0 Å². The molecular weight excluding hydrogens is 270 g/mol. The van der Waals surface area contributed by atoms with Gasteiger partial charge >= 0.3 is 0 Å². The molecule has 0 saturated carbocycles. The van der Waals surface area contributed by atoms with Crippen molar-refractivity contribution in [2.45, 2.75) is 19.4 Å². The van der Waals surface area contributed by atoms with Crippen LogP contribution in [0.25, 0.3) is 10.2 Å². The van der Waals surface area contributed by atoms with Crippen molar-refractivity contribution in [1.29, 1.82) is 0 Å². The predicted molar refractivity (Wildman–Crippen MR) is 79.9 cm³/mol. The molecule has 0 bridgehead atoms. The molecule has 20 heavy (non-hydrogen) atoms. The molecule has 0 radical (unpaired) electrons. The molecular formula is C14H15N5S. The van der Waals surface area contributed by atoms with E-state index in [4.69, 9.17) is 0 Å². The van der Waals surface area contributed by atoms with E-state index in [2.05, 4.69) is 43.3 Å². The van der Waals surface area contributed by atoms with Crippen molar-refractivity contribution in [3.05, 3.63) is 36.4 Å². The smallest absolute Gasteiger partial charge is 0.183 e. The van der Waals surface area contributed by atoms with Crippen LogP contribution in [0.5, 0.6) is 0 Å². The van der Waals surface area contributed by atoms with Gasteiger partial charge in [-0.25, -0.2) is 4.98 Å². The first-order chi connectivity index (χ1) is 9.88. The minimum Gasteiger partial charge on any atom is -0.361 e. The summed E-state index contributed by atoms with van der Waals surface area (Å²) in [6.07, 6.45) is 4.02. The predicted octanol–water partition coefficient (Wildman–Crippen LogP) is 2.56. The Labute approximate surface area is 120 Å². The second-order valence-electron chi connectivity index (χ2n) is 5.17. The molecule has 0 amide bonds. The average Bonchev–Trinajstić information content (AvgIpc) is 3.10. The molecule has 1 aromatic carbocycles. The number of hydrogen-bond acceptors (Lipinski definition) is 5. The monoisotopic (exact) mass is 285 g/mol. The number of para-hydroxylation sites is 1. The first-order valence-electron chi connectivity index (χ1n) is 6.84. The fourth-order valence-electron chi connectivity index (χ4n) is 2.67. The van der Waals surface area contributed by atoms with Crippen LogP contribution in [0.3, 0.4) is 0 Å². The summed E-state index contributed by atoms with van der Waals surface area (Å²) < 4.78 is 3.40. The average molecular weight is 285 g/mol. The molecule has 3 heterocycles. The van der Waals surface area contributed by atoms with Gasteiger partial charge in [0.05, 0.1) is 10.2 Å². The van der Waals surface area contributed by atoms with Gasteiger partial charge in [0.25, 0.3) is 0 Å². The Morgan fingerprint density at radius 3 is 3.25 bits per heavy atom. The zero-order valence-corrected chi connectivity index (χ0v) is 11.8. The van der Waals surface area contributed by atoms with Crippen LogP contribution in [0.15, 0.2) is 30.6 Å². The highest BCUT2D eigenvalue weighted by molar-refractivity contribution is 7.22. The minimum absolute atomic E-state index is 0.616. The largest absolute Gasteiger partial charge is 0.361 e. The Morgan fingerprint density at radius 1 is 1.35 bits per heavy atom. The number of hydrogen-bond donors (Lipinski definition) is 1. The minimum atomic E-state index is 0.616. The Hall–Kier alpha value is -1.95. The summed E-state index contributed by atoms with van der Waals surface area (Å²) in [6, 6.07) is 8.25. The number of anilines is 1. The number of nitrogens with zero attached hydrogens (tertiary/aromatic N) is 4. The van der Waals surface area contributed by atoms with Gasteiger partial charge in [0.1, 0.15) is 12.2 Å². The summed E-state index contributed by atoms with van der Waals surface area (Å²) in [5.74, 6) is 1.73. The SMILES string of the molecule is c1ccc2sc(NC[C@H]3CCc4nncn4C3)nc2c1. The van der Waals surface area contributed by atoms with E-state index in [0.29, 0.717) is 5.92 Å². The zero-order chi connectivity index (χ0) is 13.4. The van der Waals surface area contributed by atoms with Crippen molar-refractivity contribution in [2.24, 2.45) is 5.92 Å². The van der Waals surface area contributed by atoms with Gasteiger partial charge in [-0.05, 0) is 24.5 Å². The summed E-state index contributed by atoms with van der Waals surface area (Å²) >= 11 is 1.72. The molecule has 2 aromatic heterocycles. The first kappa shape index (κ1) is 11.8. The van der Waals surface area contributed by atoms with Crippen molar-refractivity contribution in [1.82, 2.24) is 19.7 Å². The molecule has 4 rings (SSSR count). The Kier molecular flexibility index (Phi) is 2.88. The molecule has 1 atom stereocenters. The molecule has 3 aromatic rings. The van der Waals surface area contributed by atoms with Crippen molar-refractivity contribution < 1.29 is 0 Å². The van der Waals surface area contributed by atoms with E-state index in [-0.39, 0.29) is 0 Å². The summed E-state index contributed by atoms with van der Waals surface area (Å²) in [5.41, 5.74) is 1.07. The fraction of sp³-hybridized carbons (Fsp3) is 0.357. The number of fused-ring (bicyclic) bond motifs is 2. The highest BCUT2D eigenvalue weighted by Gasteiger charge is 2.19. The van der Waals surface area contributed by atoms with E-state index in [0.717, 1.165) is 42.4 Å². The van der Waals surface area contributed by atoms with Gasteiger partial charge in [0.2, 0.25) is 0 Å². The van der Waals surface area contributed by atoms with Crippen molar-refractivity contribution in [2.75, 3.05) is 11.9 Å². The van der Waals surface area contributed by atoms with Crippen LogP contribution < -0.4 is 5.32 Å². The van der Waals surface area contributed by atoms with Gasteiger partial charge in [-0.1, -0.05) is 23.5 Å².